The van der Waals surface area contributed by atoms with E-state index in [4.69, 9.17) is 5.73 Å². The smallest absolute Gasteiger partial charge is 0.126 e. The fourth-order valence-corrected chi connectivity index (χ4v) is 1.48. The third-order valence-corrected chi connectivity index (χ3v) is 2.28. The molecule has 2 rings (SSSR count). The number of aromatic nitrogens is 1. The predicted molar refractivity (Wildman–Crippen MR) is 69.5 cm³/mol. The van der Waals surface area contributed by atoms with Crippen LogP contribution < -0.4 is 11.1 Å². The van der Waals surface area contributed by atoms with Gasteiger partial charge in [-0.15, -0.1) is 0 Å². The van der Waals surface area contributed by atoms with E-state index < -0.39 is 0 Å². The van der Waals surface area contributed by atoms with Crippen LogP contribution in [0.3, 0.4) is 0 Å². The number of fused-ring (bicyclic) bond motifs is 1. The van der Waals surface area contributed by atoms with Crippen LogP contribution in [-0.4, -0.2) is 11.5 Å². The molecule has 0 radical (unpaired) electrons. The van der Waals surface area contributed by atoms with Crippen LogP contribution in [0.5, 0.6) is 0 Å². The number of benzene rings is 1. The van der Waals surface area contributed by atoms with Gasteiger partial charge in [-0.2, -0.15) is 0 Å². The highest BCUT2D eigenvalue weighted by Crippen LogP contribution is 2.17. The number of rotatable bonds is 3. The maximum atomic E-state index is 5.71. The van der Waals surface area contributed by atoms with Crippen LogP contribution >= 0.6 is 0 Å². The molecule has 3 nitrogen and oxygen atoms in total. The Labute approximate surface area is 95.0 Å². The molecule has 0 atom stereocenters. The summed E-state index contributed by atoms with van der Waals surface area (Å²) in [5, 5.41) is 4.27. The van der Waals surface area contributed by atoms with Crippen molar-refractivity contribution in [1.29, 1.82) is 0 Å². The van der Waals surface area contributed by atoms with Gasteiger partial charge in [0.2, 0.25) is 0 Å². The molecule has 0 unspecified atom stereocenters. The predicted octanol–water partition coefficient (Wildman–Crippen LogP) is 2.81. The molecule has 0 amide bonds. The van der Waals surface area contributed by atoms with E-state index in [1.54, 1.807) is 0 Å². The highest BCUT2D eigenvalue weighted by Gasteiger charge is 1.98. The zero-order valence-electron chi connectivity index (χ0n) is 9.33. The molecule has 0 saturated heterocycles. The minimum absolute atomic E-state index is 0.744. The van der Waals surface area contributed by atoms with Crippen molar-refractivity contribution in [3.8, 4) is 0 Å². The largest absolute Gasteiger partial charge is 0.399 e. The Balaban J connectivity index is 2.30. The second-order valence-electron chi connectivity index (χ2n) is 3.96. The quantitative estimate of drug-likeness (QED) is 0.609. The monoisotopic (exact) mass is 213 g/mol. The van der Waals surface area contributed by atoms with E-state index in [0.717, 1.165) is 34.5 Å². The van der Waals surface area contributed by atoms with Crippen LogP contribution in [0.1, 0.15) is 6.92 Å². The molecule has 1 heterocycles. The van der Waals surface area contributed by atoms with Gasteiger partial charge in [0.15, 0.2) is 0 Å². The Bertz CT molecular complexity index is 532. The first-order valence-corrected chi connectivity index (χ1v) is 5.20. The molecule has 16 heavy (non-hydrogen) atoms. The summed E-state index contributed by atoms with van der Waals surface area (Å²) in [6, 6.07) is 9.67. The average Bonchev–Trinajstić information content (AvgIpc) is 2.26. The van der Waals surface area contributed by atoms with E-state index in [-0.39, 0.29) is 0 Å². The summed E-state index contributed by atoms with van der Waals surface area (Å²) in [4.78, 5) is 4.48. The third-order valence-electron chi connectivity index (χ3n) is 2.28. The van der Waals surface area contributed by atoms with Crippen LogP contribution in [0.25, 0.3) is 10.9 Å². The molecule has 1 aromatic carbocycles. The number of nitrogens with zero attached hydrogens (tertiary/aromatic N) is 1. The number of nitrogens with one attached hydrogen (secondary N) is 1. The zero-order valence-corrected chi connectivity index (χ0v) is 9.33. The number of nitrogen functional groups attached to an aromatic ring is 1. The standard InChI is InChI=1S/C13H15N3/c1-9(2)8-15-13-6-3-10-7-11(14)4-5-12(10)16-13/h3-7H,1,8,14H2,2H3,(H,15,16). The van der Waals surface area contributed by atoms with Crippen molar-refractivity contribution in [3.05, 3.63) is 42.5 Å². The first-order chi connectivity index (χ1) is 7.65. The van der Waals surface area contributed by atoms with Gasteiger partial charge >= 0.3 is 0 Å². The maximum absolute atomic E-state index is 5.71. The second-order valence-corrected chi connectivity index (χ2v) is 3.96. The van der Waals surface area contributed by atoms with Crippen LogP contribution in [0.15, 0.2) is 42.5 Å². The lowest BCUT2D eigenvalue weighted by molar-refractivity contribution is 1.18. The van der Waals surface area contributed by atoms with Crippen molar-refractivity contribution in [3.63, 3.8) is 0 Å². The summed E-state index contributed by atoms with van der Waals surface area (Å²) in [5.74, 6) is 0.861. The number of nitrogens with two attached hydrogens (primary N) is 1. The molecule has 3 heteroatoms. The number of pyridine rings is 1. The molecule has 0 bridgehead atoms. The first-order valence-electron chi connectivity index (χ1n) is 5.20. The Kier molecular flexibility index (Phi) is 2.77. The van der Waals surface area contributed by atoms with Crippen LogP contribution in [-0.2, 0) is 0 Å². The number of hydrogen-bond donors (Lipinski definition) is 2. The molecular weight excluding hydrogens is 198 g/mol. The van der Waals surface area contributed by atoms with Gasteiger partial charge in [-0.05, 0) is 37.3 Å². The molecule has 0 spiro atoms. The fraction of sp³-hybridized carbons (Fsp3) is 0.154. The topological polar surface area (TPSA) is 50.9 Å². The fourth-order valence-electron chi connectivity index (χ4n) is 1.48. The molecule has 0 aliphatic heterocycles. The minimum Gasteiger partial charge on any atom is -0.399 e. The average molecular weight is 213 g/mol. The molecule has 0 aliphatic rings. The lowest BCUT2D eigenvalue weighted by atomic mass is 10.2. The first kappa shape index (κ1) is 10.5. The summed E-state index contributed by atoms with van der Waals surface area (Å²) in [5.41, 5.74) is 8.49. The van der Waals surface area contributed by atoms with E-state index in [1.807, 2.05) is 37.3 Å². The van der Waals surface area contributed by atoms with Crippen LogP contribution in [0, 0.1) is 0 Å². The molecule has 0 fully saturated rings. The van der Waals surface area contributed by atoms with E-state index in [0.29, 0.717) is 0 Å². The number of hydrogen-bond acceptors (Lipinski definition) is 3. The maximum Gasteiger partial charge on any atom is 0.126 e. The zero-order chi connectivity index (χ0) is 11.5. The molecule has 3 N–H and O–H groups in total. The van der Waals surface area contributed by atoms with E-state index in [9.17, 15) is 0 Å². The summed E-state index contributed by atoms with van der Waals surface area (Å²) in [6.07, 6.45) is 0. The molecule has 1 aromatic heterocycles. The molecule has 0 saturated carbocycles. The SMILES string of the molecule is C=C(C)CNc1ccc2cc(N)ccc2n1. The highest BCUT2D eigenvalue weighted by atomic mass is 15.0. The van der Waals surface area contributed by atoms with E-state index >= 15 is 0 Å². The Morgan fingerprint density at radius 3 is 2.94 bits per heavy atom. The second kappa shape index (κ2) is 4.23. The summed E-state index contributed by atoms with van der Waals surface area (Å²) >= 11 is 0. The molecule has 0 aliphatic carbocycles. The van der Waals surface area contributed by atoms with Gasteiger partial charge in [0.05, 0.1) is 5.52 Å². The molecule has 2 aromatic rings. The minimum atomic E-state index is 0.744. The van der Waals surface area contributed by atoms with E-state index in [2.05, 4.69) is 16.9 Å². The Morgan fingerprint density at radius 1 is 1.38 bits per heavy atom. The Hall–Kier alpha value is -2.03. The molecule has 82 valence electrons. The van der Waals surface area contributed by atoms with Crippen LogP contribution in [0.4, 0.5) is 11.5 Å². The summed E-state index contributed by atoms with van der Waals surface area (Å²) < 4.78 is 0. The van der Waals surface area contributed by atoms with Crippen molar-refractivity contribution >= 4 is 22.4 Å². The lowest BCUT2D eigenvalue weighted by Crippen LogP contribution is -2.03. The van der Waals surface area contributed by atoms with Crippen molar-refractivity contribution in [1.82, 2.24) is 4.98 Å². The molecular formula is C13H15N3. The van der Waals surface area contributed by atoms with Crippen LogP contribution in [0.2, 0.25) is 0 Å². The van der Waals surface area contributed by atoms with Crippen molar-refractivity contribution in [2.45, 2.75) is 6.92 Å². The van der Waals surface area contributed by atoms with Gasteiger partial charge < -0.3 is 11.1 Å². The normalized spacial score (nSPS) is 10.3. The summed E-state index contributed by atoms with van der Waals surface area (Å²) in [6.45, 7) is 6.56. The van der Waals surface area contributed by atoms with Crippen molar-refractivity contribution in [2.24, 2.45) is 0 Å². The van der Waals surface area contributed by atoms with Gasteiger partial charge in [-0.3, -0.25) is 0 Å². The van der Waals surface area contributed by atoms with Gasteiger partial charge in [0.25, 0.3) is 0 Å². The number of anilines is 2. The van der Waals surface area contributed by atoms with E-state index in [1.165, 1.54) is 0 Å². The third kappa shape index (κ3) is 2.31. The van der Waals surface area contributed by atoms with Crippen molar-refractivity contribution < 1.29 is 0 Å². The van der Waals surface area contributed by atoms with Gasteiger partial charge in [0, 0.05) is 17.6 Å². The van der Waals surface area contributed by atoms with Gasteiger partial charge in [-0.1, -0.05) is 12.2 Å². The summed E-state index contributed by atoms with van der Waals surface area (Å²) in [7, 11) is 0. The van der Waals surface area contributed by atoms with Gasteiger partial charge in [0.1, 0.15) is 5.82 Å². The Morgan fingerprint density at radius 2 is 2.19 bits per heavy atom. The van der Waals surface area contributed by atoms with Crippen molar-refractivity contribution in [2.75, 3.05) is 17.6 Å². The highest BCUT2D eigenvalue weighted by molar-refractivity contribution is 5.83. The lowest BCUT2D eigenvalue weighted by Gasteiger charge is -2.06. The van der Waals surface area contributed by atoms with Gasteiger partial charge in [-0.25, -0.2) is 4.98 Å².